The van der Waals surface area contributed by atoms with Gasteiger partial charge in [0.05, 0.1) is 0 Å². The van der Waals surface area contributed by atoms with Crippen molar-refractivity contribution < 1.29 is 0 Å². The van der Waals surface area contributed by atoms with Crippen molar-refractivity contribution in [3.8, 4) is 0 Å². The van der Waals surface area contributed by atoms with Crippen molar-refractivity contribution in [3.05, 3.63) is 64.9 Å². The van der Waals surface area contributed by atoms with Crippen molar-refractivity contribution in [2.75, 3.05) is 0 Å². The Hall–Kier alpha value is -1.34. The molecule has 0 aliphatic carbocycles. The van der Waals surface area contributed by atoms with Gasteiger partial charge >= 0.3 is 0 Å². The summed E-state index contributed by atoms with van der Waals surface area (Å²) < 4.78 is 0. The van der Waals surface area contributed by atoms with Crippen molar-refractivity contribution in [2.45, 2.75) is 33.1 Å². The molecule has 1 aromatic heterocycles. The second-order valence-electron chi connectivity index (χ2n) is 6.12. The third-order valence-electron chi connectivity index (χ3n) is 3.13. The van der Waals surface area contributed by atoms with Crippen molar-refractivity contribution in [1.82, 2.24) is 4.98 Å². The minimum absolute atomic E-state index is 0.252. The van der Waals surface area contributed by atoms with E-state index < -0.39 is 0 Å². The fourth-order valence-corrected chi connectivity index (χ4v) is 2.41. The zero-order valence-electron chi connectivity index (χ0n) is 11.7. The van der Waals surface area contributed by atoms with E-state index in [0.29, 0.717) is 5.92 Å². The number of aromatic nitrogens is 1. The lowest BCUT2D eigenvalue weighted by molar-refractivity contribution is 0.355. The van der Waals surface area contributed by atoms with Crippen LogP contribution < -0.4 is 0 Å². The summed E-state index contributed by atoms with van der Waals surface area (Å²) in [5.74, 6) is 0.318. The Kier molecular flexibility index (Phi) is 4.26. The van der Waals surface area contributed by atoms with Crippen LogP contribution in [0.1, 0.15) is 44.4 Å². The predicted molar refractivity (Wildman–Crippen MR) is 81.6 cm³/mol. The molecule has 0 radical (unpaired) electrons. The number of pyridine rings is 1. The molecular formula is C17H20ClN. The minimum Gasteiger partial charge on any atom is -0.261 e. The van der Waals surface area contributed by atoms with Gasteiger partial charge in [-0.05, 0) is 41.7 Å². The summed E-state index contributed by atoms with van der Waals surface area (Å²) in [5, 5.41) is 0.777. The molecular weight excluding hydrogens is 254 g/mol. The van der Waals surface area contributed by atoms with Crippen LogP contribution >= 0.6 is 11.6 Å². The number of hydrogen-bond donors (Lipinski definition) is 0. The average molecular weight is 274 g/mol. The Morgan fingerprint density at radius 1 is 1.05 bits per heavy atom. The van der Waals surface area contributed by atoms with Crippen LogP contribution in [0.15, 0.2) is 48.7 Å². The van der Waals surface area contributed by atoms with Crippen molar-refractivity contribution in [1.29, 1.82) is 0 Å². The smallest absolute Gasteiger partial charge is 0.0478 e. The van der Waals surface area contributed by atoms with Gasteiger partial charge in [0.25, 0.3) is 0 Å². The molecule has 2 rings (SSSR count). The number of rotatable bonds is 3. The first-order valence-electron chi connectivity index (χ1n) is 6.62. The molecule has 0 aliphatic heterocycles. The summed E-state index contributed by atoms with van der Waals surface area (Å²) in [5.41, 5.74) is 2.65. The van der Waals surface area contributed by atoms with Crippen LogP contribution in [0.5, 0.6) is 0 Å². The maximum Gasteiger partial charge on any atom is 0.0478 e. The summed E-state index contributed by atoms with van der Waals surface area (Å²) in [6.07, 6.45) is 2.92. The van der Waals surface area contributed by atoms with Crippen LogP contribution in [0.4, 0.5) is 0 Å². The van der Waals surface area contributed by atoms with Gasteiger partial charge in [-0.25, -0.2) is 0 Å². The van der Waals surface area contributed by atoms with Gasteiger partial charge in [-0.1, -0.05) is 50.6 Å². The summed E-state index contributed by atoms with van der Waals surface area (Å²) in [6, 6.07) is 14.2. The topological polar surface area (TPSA) is 12.9 Å². The molecule has 0 bridgehead atoms. The highest BCUT2D eigenvalue weighted by atomic mass is 35.5. The maximum absolute atomic E-state index is 5.98. The molecule has 2 heteroatoms. The van der Waals surface area contributed by atoms with E-state index in [9.17, 15) is 0 Å². The molecule has 0 unspecified atom stereocenters. The molecule has 1 nitrogen and oxygen atoms in total. The van der Waals surface area contributed by atoms with Gasteiger partial charge in [-0.3, -0.25) is 4.98 Å². The highest BCUT2D eigenvalue weighted by molar-refractivity contribution is 6.30. The first-order valence-corrected chi connectivity index (χ1v) is 7.00. The largest absolute Gasteiger partial charge is 0.261 e. The van der Waals surface area contributed by atoms with E-state index in [1.807, 2.05) is 30.5 Å². The molecule has 0 N–H and O–H groups in total. The first kappa shape index (κ1) is 14.1. The Morgan fingerprint density at radius 3 is 2.26 bits per heavy atom. The first-order chi connectivity index (χ1) is 8.96. The summed E-state index contributed by atoms with van der Waals surface area (Å²) in [6.45, 7) is 6.79. The molecule has 2 aromatic rings. The Bertz CT molecular complexity index is 511. The Labute approximate surface area is 120 Å². The van der Waals surface area contributed by atoms with E-state index >= 15 is 0 Å². The number of hydrogen-bond acceptors (Lipinski definition) is 1. The summed E-state index contributed by atoms with van der Waals surface area (Å²) in [4.78, 5) is 4.53. The molecule has 0 saturated heterocycles. The molecule has 19 heavy (non-hydrogen) atoms. The van der Waals surface area contributed by atoms with Crippen LogP contribution in [0.2, 0.25) is 5.02 Å². The number of nitrogens with zero attached hydrogens (tertiary/aromatic N) is 1. The van der Waals surface area contributed by atoms with E-state index in [2.05, 4.69) is 44.0 Å². The Morgan fingerprint density at radius 2 is 1.74 bits per heavy atom. The summed E-state index contributed by atoms with van der Waals surface area (Å²) in [7, 11) is 0. The molecule has 0 fully saturated rings. The molecule has 0 amide bonds. The normalized spacial score (nSPS) is 13.3. The van der Waals surface area contributed by atoms with Gasteiger partial charge in [0.15, 0.2) is 0 Å². The fourth-order valence-electron chi connectivity index (χ4n) is 2.28. The second-order valence-corrected chi connectivity index (χ2v) is 6.56. The highest BCUT2D eigenvalue weighted by Gasteiger charge is 2.22. The zero-order valence-corrected chi connectivity index (χ0v) is 12.5. The predicted octanol–water partition coefficient (Wildman–Crippen LogP) is 5.30. The molecule has 0 aliphatic rings. The molecule has 0 saturated carbocycles. The monoisotopic (exact) mass is 273 g/mol. The lowest BCUT2D eigenvalue weighted by atomic mass is 9.80. The van der Waals surface area contributed by atoms with Crippen molar-refractivity contribution in [3.63, 3.8) is 0 Å². The lowest BCUT2D eigenvalue weighted by Gasteiger charge is -2.26. The van der Waals surface area contributed by atoms with Gasteiger partial charge in [0.2, 0.25) is 0 Å². The van der Waals surface area contributed by atoms with Crippen molar-refractivity contribution >= 4 is 11.6 Å². The minimum atomic E-state index is 0.252. The molecule has 1 heterocycles. The van der Waals surface area contributed by atoms with Gasteiger partial charge in [-0.2, -0.15) is 0 Å². The Balaban J connectivity index is 2.37. The van der Waals surface area contributed by atoms with Crippen LogP contribution in [0.3, 0.4) is 0 Å². The highest BCUT2D eigenvalue weighted by Crippen LogP contribution is 2.35. The van der Waals surface area contributed by atoms with Gasteiger partial charge in [0, 0.05) is 22.8 Å². The number of benzene rings is 1. The van der Waals surface area contributed by atoms with E-state index in [-0.39, 0.29) is 5.41 Å². The van der Waals surface area contributed by atoms with E-state index in [1.165, 1.54) is 5.56 Å². The molecule has 0 spiro atoms. The molecule has 100 valence electrons. The van der Waals surface area contributed by atoms with Gasteiger partial charge in [-0.15, -0.1) is 0 Å². The number of halogens is 1. The van der Waals surface area contributed by atoms with E-state index in [1.54, 1.807) is 0 Å². The van der Waals surface area contributed by atoms with Crippen LogP contribution in [0.25, 0.3) is 0 Å². The van der Waals surface area contributed by atoms with E-state index in [0.717, 1.165) is 17.1 Å². The third kappa shape index (κ3) is 4.07. The van der Waals surface area contributed by atoms with Crippen LogP contribution in [-0.2, 0) is 0 Å². The standard InChI is InChI=1S/C17H20ClN/c1-17(2,3)12-15(16-6-4-5-11-19-16)13-7-9-14(18)10-8-13/h4-11,15H,12H2,1-3H3/t15-/m1/s1. The van der Waals surface area contributed by atoms with Gasteiger partial charge in [0.1, 0.15) is 0 Å². The van der Waals surface area contributed by atoms with Crippen molar-refractivity contribution in [2.24, 2.45) is 5.41 Å². The maximum atomic E-state index is 5.98. The lowest BCUT2D eigenvalue weighted by Crippen LogP contribution is -2.14. The average Bonchev–Trinajstić information content (AvgIpc) is 2.37. The molecule has 1 atom stereocenters. The van der Waals surface area contributed by atoms with E-state index in [4.69, 9.17) is 11.6 Å². The fraction of sp³-hybridized carbons (Fsp3) is 0.353. The van der Waals surface area contributed by atoms with Gasteiger partial charge < -0.3 is 0 Å². The van der Waals surface area contributed by atoms with Crippen LogP contribution in [0, 0.1) is 5.41 Å². The third-order valence-corrected chi connectivity index (χ3v) is 3.39. The molecule has 1 aromatic carbocycles. The quantitative estimate of drug-likeness (QED) is 0.739. The second kappa shape index (κ2) is 5.75. The van der Waals surface area contributed by atoms with Crippen LogP contribution in [-0.4, -0.2) is 4.98 Å². The zero-order chi connectivity index (χ0) is 13.9. The summed E-state index contributed by atoms with van der Waals surface area (Å²) >= 11 is 5.98. The SMILES string of the molecule is CC(C)(C)C[C@H](c1ccc(Cl)cc1)c1ccccn1.